The van der Waals surface area contributed by atoms with Gasteiger partial charge in [-0.3, -0.25) is 9.10 Å². The number of amides is 1. The van der Waals surface area contributed by atoms with Crippen LogP contribution < -0.4 is 13.8 Å². The molecule has 0 saturated heterocycles. The Morgan fingerprint density at radius 3 is 2.26 bits per heavy atom. The van der Waals surface area contributed by atoms with Gasteiger partial charge in [0, 0.05) is 19.7 Å². The van der Waals surface area contributed by atoms with Gasteiger partial charge in [0.05, 0.1) is 26.2 Å². The highest BCUT2D eigenvalue weighted by Crippen LogP contribution is 2.33. The van der Waals surface area contributed by atoms with Gasteiger partial charge in [0.25, 0.3) is 0 Å². The molecule has 1 amide bonds. The Labute approximate surface area is 160 Å². The predicted molar refractivity (Wildman–Crippen MR) is 105 cm³/mol. The molecule has 0 fully saturated rings. The summed E-state index contributed by atoms with van der Waals surface area (Å²) in [6.07, 6.45) is 1.06. The van der Waals surface area contributed by atoms with Gasteiger partial charge in [0.15, 0.2) is 0 Å². The second kappa shape index (κ2) is 8.77. The van der Waals surface area contributed by atoms with E-state index in [-0.39, 0.29) is 18.1 Å². The molecule has 0 radical (unpaired) electrons. The zero-order valence-corrected chi connectivity index (χ0v) is 16.7. The Kier molecular flexibility index (Phi) is 6.68. The Morgan fingerprint density at radius 2 is 1.70 bits per heavy atom. The fourth-order valence-corrected chi connectivity index (χ4v) is 3.41. The molecule has 0 saturated carbocycles. The third-order valence-corrected chi connectivity index (χ3v) is 5.15. The Morgan fingerprint density at radius 1 is 1.04 bits per heavy atom. The first kappa shape index (κ1) is 20.6. The van der Waals surface area contributed by atoms with Crippen molar-refractivity contribution in [1.82, 2.24) is 4.90 Å². The maximum absolute atomic E-state index is 12.7. The molecule has 27 heavy (non-hydrogen) atoms. The number of carbonyl (C=O) groups excluding carboxylic acids is 1. The van der Waals surface area contributed by atoms with Crippen LogP contribution in [0.5, 0.6) is 11.5 Å². The van der Waals surface area contributed by atoms with Crippen molar-refractivity contribution < 1.29 is 22.7 Å². The average Bonchev–Trinajstić information content (AvgIpc) is 2.65. The minimum Gasteiger partial charge on any atom is -0.497 e. The number of rotatable bonds is 8. The van der Waals surface area contributed by atoms with E-state index in [2.05, 4.69) is 0 Å². The normalized spacial score (nSPS) is 11.0. The second-order valence-corrected chi connectivity index (χ2v) is 7.95. The van der Waals surface area contributed by atoms with Crippen LogP contribution in [0.4, 0.5) is 5.69 Å². The summed E-state index contributed by atoms with van der Waals surface area (Å²) in [5.41, 5.74) is 1.24. The van der Waals surface area contributed by atoms with Gasteiger partial charge in [-0.15, -0.1) is 0 Å². The predicted octanol–water partition coefficient (Wildman–Crippen LogP) is 2.13. The fraction of sp³-hybridized carbons (Fsp3) is 0.316. The highest BCUT2D eigenvalue weighted by molar-refractivity contribution is 7.92. The lowest BCUT2D eigenvalue weighted by Gasteiger charge is -2.26. The van der Waals surface area contributed by atoms with E-state index in [1.165, 1.54) is 19.1 Å². The molecule has 0 unspecified atom stereocenters. The standard InChI is InChI=1S/C19H24N2O5S/c1-20(13-15-8-6-5-7-9-15)19(22)14-21(27(4,23)24)17-11-10-16(25-2)12-18(17)26-3/h5-12H,13-14H2,1-4H3. The van der Waals surface area contributed by atoms with E-state index in [0.717, 1.165) is 16.1 Å². The van der Waals surface area contributed by atoms with Crippen LogP contribution >= 0.6 is 0 Å². The summed E-state index contributed by atoms with van der Waals surface area (Å²) in [4.78, 5) is 14.1. The lowest BCUT2D eigenvalue weighted by atomic mass is 10.2. The topological polar surface area (TPSA) is 76.2 Å². The third kappa shape index (κ3) is 5.37. The monoisotopic (exact) mass is 392 g/mol. The van der Waals surface area contributed by atoms with Crippen LogP contribution in [0.25, 0.3) is 0 Å². The first-order valence-corrected chi connectivity index (χ1v) is 10.1. The molecule has 0 spiro atoms. The van der Waals surface area contributed by atoms with Crippen LogP contribution in [-0.2, 0) is 21.4 Å². The molecular weight excluding hydrogens is 368 g/mol. The van der Waals surface area contributed by atoms with Gasteiger partial charge in [-0.25, -0.2) is 8.42 Å². The van der Waals surface area contributed by atoms with Crippen molar-refractivity contribution in [2.24, 2.45) is 0 Å². The van der Waals surface area contributed by atoms with E-state index in [4.69, 9.17) is 9.47 Å². The van der Waals surface area contributed by atoms with Crippen molar-refractivity contribution in [1.29, 1.82) is 0 Å². The van der Waals surface area contributed by atoms with E-state index in [9.17, 15) is 13.2 Å². The molecule has 2 rings (SSSR count). The highest BCUT2D eigenvalue weighted by Gasteiger charge is 2.25. The number of ether oxygens (including phenoxy) is 2. The van der Waals surface area contributed by atoms with Crippen LogP contribution in [0.1, 0.15) is 5.56 Å². The maximum atomic E-state index is 12.7. The van der Waals surface area contributed by atoms with Gasteiger partial charge in [0.1, 0.15) is 18.0 Å². The molecule has 2 aromatic carbocycles. The molecule has 0 heterocycles. The summed E-state index contributed by atoms with van der Waals surface area (Å²) in [5.74, 6) is 0.497. The molecule has 2 aromatic rings. The minimum absolute atomic E-state index is 0.280. The number of carbonyl (C=O) groups is 1. The molecule has 0 N–H and O–H groups in total. The summed E-state index contributed by atoms with van der Waals surface area (Å²) in [5, 5.41) is 0. The van der Waals surface area contributed by atoms with Crippen LogP contribution in [0, 0.1) is 0 Å². The number of benzene rings is 2. The van der Waals surface area contributed by atoms with Gasteiger partial charge in [-0.05, 0) is 17.7 Å². The molecule has 0 aromatic heterocycles. The van der Waals surface area contributed by atoms with Gasteiger partial charge >= 0.3 is 0 Å². The average molecular weight is 392 g/mol. The van der Waals surface area contributed by atoms with E-state index < -0.39 is 10.0 Å². The Bertz CT molecular complexity index is 884. The van der Waals surface area contributed by atoms with Crippen LogP contribution in [0.15, 0.2) is 48.5 Å². The number of nitrogens with zero attached hydrogens (tertiary/aromatic N) is 2. The van der Waals surface area contributed by atoms with Gasteiger partial charge in [0.2, 0.25) is 15.9 Å². The maximum Gasteiger partial charge on any atom is 0.243 e. The van der Waals surface area contributed by atoms with E-state index in [0.29, 0.717) is 18.0 Å². The van der Waals surface area contributed by atoms with Crippen molar-refractivity contribution in [3.05, 3.63) is 54.1 Å². The zero-order valence-electron chi connectivity index (χ0n) is 15.9. The number of methoxy groups -OCH3 is 2. The van der Waals surface area contributed by atoms with Gasteiger partial charge < -0.3 is 14.4 Å². The second-order valence-electron chi connectivity index (χ2n) is 6.04. The SMILES string of the molecule is COc1ccc(N(CC(=O)N(C)Cc2ccccc2)S(C)(=O)=O)c(OC)c1. The quantitative estimate of drug-likeness (QED) is 0.688. The van der Waals surface area contributed by atoms with Crippen molar-refractivity contribution in [2.75, 3.05) is 38.4 Å². The van der Waals surface area contributed by atoms with Gasteiger partial charge in [-0.2, -0.15) is 0 Å². The van der Waals surface area contributed by atoms with Crippen LogP contribution in [-0.4, -0.2) is 53.3 Å². The minimum atomic E-state index is -3.71. The van der Waals surface area contributed by atoms with E-state index in [1.54, 1.807) is 25.2 Å². The molecule has 0 aliphatic rings. The number of anilines is 1. The first-order chi connectivity index (χ1) is 12.8. The molecule has 0 bridgehead atoms. The van der Waals surface area contributed by atoms with Crippen molar-refractivity contribution >= 4 is 21.6 Å². The smallest absolute Gasteiger partial charge is 0.243 e. The van der Waals surface area contributed by atoms with Gasteiger partial charge in [-0.1, -0.05) is 30.3 Å². The van der Waals surface area contributed by atoms with Crippen molar-refractivity contribution in [3.8, 4) is 11.5 Å². The van der Waals surface area contributed by atoms with Crippen LogP contribution in [0.3, 0.4) is 0 Å². The fourth-order valence-electron chi connectivity index (χ4n) is 2.56. The number of hydrogen-bond donors (Lipinski definition) is 0. The summed E-state index contributed by atoms with van der Waals surface area (Å²) in [6.45, 7) is 0.0574. The largest absolute Gasteiger partial charge is 0.497 e. The molecule has 146 valence electrons. The summed E-state index contributed by atoms with van der Waals surface area (Å²) in [6, 6.07) is 14.2. The molecule has 0 aliphatic carbocycles. The number of sulfonamides is 1. The third-order valence-electron chi connectivity index (χ3n) is 4.02. The zero-order chi connectivity index (χ0) is 20.0. The Hall–Kier alpha value is -2.74. The first-order valence-electron chi connectivity index (χ1n) is 8.24. The molecule has 8 heteroatoms. The summed E-state index contributed by atoms with van der Waals surface area (Å²) >= 11 is 0. The molecular formula is C19H24N2O5S. The lowest BCUT2D eigenvalue weighted by molar-refractivity contribution is -0.128. The molecule has 0 aliphatic heterocycles. The number of hydrogen-bond acceptors (Lipinski definition) is 5. The molecule has 0 atom stereocenters. The highest BCUT2D eigenvalue weighted by atomic mass is 32.2. The summed E-state index contributed by atoms with van der Waals surface area (Å²) < 4.78 is 36.1. The molecule has 7 nitrogen and oxygen atoms in total. The van der Waals surface area contributed by atoms with E-state index >= 15 is 0 Å². The van der Waals surface area contributed by atoms with Crippen molar-refractivity contribution in [3.63, 3.8) is 0 Å². The van der Waals surface area contributed by atoms with Crippen molar-refractivity contribution in [2.45, 2.75) is 6.54 Å². The van der Waals surface area contributed by atoms with Crippen LogP contribution in [0.2, 0.25) is 0 Å². The Balaban J connectivity index is 2.26. The lowest BCUT2D eigenvalue weighted by Crippen LogP contribution is -2.41. The number of likely N-dealkylation sites (N-methyl/N-ethyl adjacent to an activating group) is 1. The van der Waals surface area contributed by atoms with E-state index in [1.807, 2.05) is 30.3 Å². The summed E-state index contributed by atoms with van der Waals surface area (Å²) in [7, 11) is 0.871.